The number of nitrogens with zero attached hydrogens (tertiary/aromatic N) is 2. The minimum Gasteiger partial charge on any atom is -0.370 e. The van der Waals surface area contributed by atoms with Crippen molar-refractivity contribution in [2.45, 2.75) is 33.1 Å². The van der Waals surface area contributed by atoms with E-state index in [-0.39, 0.29) is 5.91 Å². The number of hydrogen-bond donors (Lipinski definition) is 2. The number of aryl methyl sites for hydroxylation is 1. The van der Waals surface area contributed by atoms with E-state index in [1.165, 1.54) is 0 Å². The summed E-state index contributed by atoms with van der Waals surface area (Å²) in [6.45, 7) is 6.57. The van der Waals surface area contributed by atoms with Gasteiger partial charge in [-0.05, 0) is 39.1 Å². The van der Waals surface area contributed by atoms with Crippen molar-refractivity contribution in [3.05, 3.63) is 23.4 Å². The number of likely N-dealkylation sites (N-methyl/N-ethyl adjacent to an activating group) is 1. The van der Waals surface area contributed by atoms with Crippen LogP contribution in [0.5, 0.6) is 0 Å². The highest BCUT2D eigenvalue weighted by molar-refractivity contribution is 5.95. The Hall–Kier alpha value is -1.62. The van der Waals surface area contributed by atoms with Gasteiger partial charge in [-0.25, -0.2) is 4.98 Å². The van der Waals surface area contributed by atoms with Gasteiger partial charge in [0.25, 0.3) is 5.91 Å². The summed E-state index contributed by atoms with van der Waals surface area (Å²) in [5.74, 6) is 0.761. The molecule has 0 aliphatic carbocycles. The second-order valence-electron chi connectivity index (χ2n) is 5.47. The van der Waals surface area contributed by atoms with Crippen LogP contribution in [0, 0.1) is 0 Å². The van der Waals surface area contributed by atoms with E-state index < -0.39 is 0 Å². The van der Waals surface area contributed by atoms with Gasteiger partial charge in [-0.15, -0.1) is 0 Å². The SMILES string of the molecule is CCCNc1cc(C(=O)NCCN(C)C)cc(CCC)n1. The first-order valence-corrected chi connectivity index (χ1v) is 7.74. The van der Waals surface area contributed by atoms with Crippen LogP contribution >= 0.6 is 0 Å². The lowest BCUT2D eigenvalue weighted by molar-refractivity contribution is 0.0951. The summed E-state index contributed by atoms with van der Waals surface area (Å²) >= 11 is 0. The quantitative estimate of drug-likeness (QED) is 0.732. The lowest BCUT2D eigenvalue weighted by Gasteiger charge is -2.12. The van der Waals surface area contributed by atoms with Crippen molar-refractivity contribution in [3.63, 3.8) is 0 Å². The molecule has 0 aliphatic heterocycles. The van der Waals surface area contributed by atoms with Gasteiger partial charge >= 0.3 is 0 Å². The van der Waals surface area contributed by atoms with E-state index in [0.717, 1.165) is 43.9 Å². The summed E-state index contributed by atoms with van der Waals surface area (Å²) in [5, 5.41) is 6.21. The van der Waals surface area contributed by atoms with Gasteiger partial charge in [-0.3, -0.25) is 4.79 Å². The van der Waals surface area contributed by atoms with E-state index in [0.29, 0.717) is 12.1 Å². The van der Waals surface area contributed by atoms with Crippen molar-refractivity contribution in [1.29, 1.82) is 0 Å². The molecule has 21 heavy (non-hydrogen) atoms. The van der Waals surface area contributed by atoms with Crippen LogP contribution in [0.25, 0.3) is 0 Å². The molecule has 0 fully saturated rings. The fourth-order valence-corrected chi connectivity index (χ4v) is 1.94. The molecule has 0 aliphatic rings. The summed E-state index contributed by atoms with van der Waals surface area (Å²) in [6, 6.07) is 3.73. The Morgan fingerprint density at radius 2 is 1.95 bits per heavy atom. The highest BCUT2D eigenvalue weighted by Gasteiger charge is 2.09. The lowest BCUT2D eigenvalue weighted by Crippen LogP contribution is -2.31. The molecular formula is C16H28N4O. The van der Waals surface area contributed by atoms with E-state index in [1.807, 2.05) is 31.1 Å². The van der Waals surface area contributed by atoms with Crippen LogP contribution in [0.1, 0.15) is 42.7 Å². The van der Waals surface area contributed by atoms with Crippen LogP contribution in [0.15, 0.2) is 12.1 Å². The molecule has 0 saturated heterocycles. The third-order valence-corrected chi connectivity index (χ3v) is 3.05. The van der Waals surface area contributed by atoms with Gasteiger partial charge in [-0.1, -0.05) is 20.3 Å². The number of carbonyl (C=O) groups excluding carboxylic acids is 1. The Balaban J connectivity index is 2.77. The van der Waals surface area contributed by atoms with Gasteiger partial charge in [0.2, 0.25) is 0 Å². The minimum absolute atomic E-state index is 0.0313. The molecule has 5 nitrogen and oxygen atoms in total. The Morgan fingerprint density at radius 1 is 1.19 bits per heavy atom. The first kappa shape index (κ1) is 17.4. The Morgan fingerprint density at radius 3 is 2.57 bits per heavy atom. The van der Waals surface area contributed by atoms with E-state index >= 15 is 0 Å². The largest absolute Gasteiger partial charge is 0.370 e. The third kappa shape index (κ3) is 6.58. The van der Waals surface area contributed by atoms with Gasteiger partial charge in [-0.2, -0.15) is 0 Å². The van der Waals surface area contributed by atoms with Crippen molar-refractivity contribution < 1.29 is 4.79 Å². The average Bonchev–Trinajstić information content (AvgIpc) is 2.44. The maximum absolute atomic E-state index is 12.2. The molecule has 0 radical (unpaired) electrons. The highest BCUT2D eigenvalue weighted by Crippen LogP contribution is 2.12. The zero-order valence-corrected chi connectivity index (χ0v) is 13.7. The normalized spacial score (nSPS) is 10.7. The number of hydrogen-bond acceptors (Lipinski definition) is 4. The van der Waals surface area contributed by atoms with Crippen LogP contribution in [0.3, 0.4) is 0 Å². The Kier molecular flexibility index (Phi) is 7.75. The fraction of sp³-hybridized carbons (Fsp3) is 0.625. The smallest absolute Gasteiger partial charge is 0.251 e. The number of aromatic nitrogens is 1. The van der Waals surface area contributed by atoms with Gasteiger partial charge in [0, 0.05) is 30.9 Å². The maximum atomic E-state index is 12.2. The number of amides is 1. The average molecular weight is 292 g/mol. The molecular weight excluding hydrogens is 264 g/mol. The lowest BCUT2D eigenvalue weighted by atomic mass is 10.1. The second-order valence-corrected chi connectivity index (χ2v) is 5.47. The van der Waals surface area contributed by atoms with Crippen LogP contribution in [0.4, 0.5) is 5.82 Å². The first-order valence-electron chi connectivity index (χ1n) is 7.74. The van der Waals surface area contributed by atoms with Crippen molar-refractivity contribution in [2.24, 2.45) is 0 Å². The first-order chi connectivity index (χ1) is 10.1. The van der Waals surface area contributed by atoms with Crippen molar-refractivity contribution in [1.82, 2.24) is 15.2 Å². The molecule has 118 valence electrons. The molecule has 1 aromatic heterocycles. The van der Waals surface area contributed by atoms with Gasteiger partial charge in [0.05, 0.1) is 0 Å². The molecule has 0 bridgehead atoms. The molecule has 1 heterocycles. The van der Waals surface area contributed by atoms with Crippen LogP contribution in [-0.2, 0) is 6.42 Å². The molecule has 2 N–H and O–H groups in total. The predicted molar refractivity (Wildman–Crippen MR) is 87.9 cm³/mol. The molecule has 1 rings (SSSR count). The summed E-state index contributed by atoms with van der Waals surface area (Å²) in [4.78, 5) is 18.8. The Bertz CT molecular complexity index is 446. The highest BCUT2D eigenvalue weighted by atomic mass is 16.1. The number of carbonyl (C=O) groups is 1. The zero-order chi connectivity index (χ0) is 15.7. The molecule has 0 unspecified atom stereocenters. The van der Waals surface area contributed by atoms with Gasteiger partial charge < -0.3 is 15.5 Å². The molecule has 0 saturated carbocycles. The van der Waals surface area contributed by atoms with Crippen molar-refractivity contribution >= 4 is 11.7 Å². The molecule has 0 spiro atoms. The van der Waals surface area contributed by atoms with Crippen LogP contribution in [0.2, 0.25) is 0 Å². The molecule has 1 aromatic rings. The van der Waals surface area contributed by atoms with Gasteiger partial charge in [0.1, 0.15) is 5.82 Å². The molecule has 5 heteroatoms. The number of nitrogens with one attached hydrogen (secondary N) is 2. The predicted octanol–water partition coefficient (Wildman–Crippen LogP) is 2.15. The third-order valence-electron chi connectivity index (χ3n) is 3.05. The Labute approximate surface area is 128 Å². The molecule has 0 atom stereocenters. The summed E-state index contributed by atoms with van der Waals surface area (Å²) in [6.07, 6.45) is 2.94. The molecule has 1 amide bonds. The summed E-state index contributed by atoms with van der Waals surface area (Å²) in [5.41, 5.74) is 1.65. The second kappa shape index (κ2) is 9.34. The number of pyridine rings is 1. The van der Waals surface area contributed by atoms with Crippen LogP contribution < -0.4 is 10.6 Å². The summed E-state index contributed by atoms with van der Waals surface area (Å²) in [7, 11) is 3.98. The van der Waals surface area contributed by atoms with E-state index in [1.54, 1.807) is 0 Å². The standard InChI is InChI=1S/C16H28N4O/c1-5-7-14-11-13(12-15(19-14)17-8-6-2)16(21)18-9-10-20(3)4/h11-12H,5-10H2,1-4H3,(H,17,19)(H,18,21). The van der Waals surface area contributed by atoms with Crippen LogP contribution in [-0.4, -0.2) is 49.5 Å². The topological polar surface area (TPSA) is 57.3 Å². The number of rotatable bonds is 9. The fourth-order valence-electron chi connectivity index (χ4n) is 1.94. The van der Waals surface area contributed by atoms with Crippen molar-refractivity contribution in [3.8, 4) is 0 Å². The maximum Gasteiger partial charge on any atom is 0.251 e. The minimum atomic E-state index is -0.0313. The van der Waals surface area contributed by atoms with E-state index in [4.69, 9.17) is 0 Å². The summed E-state index contributed by atoms with van der Waals surface area (Å²) < 4.78 is 0. The monoisotopic (exact) mass is 292 g/mol. The van der Waals surface area contributed by atoms with Gasteiger partial charge in [0.15, 0.2) is 0 Å². The van der Waals surface area contributed by atoms with E-state index in [9.17, 15) is 4.79 Å². The van der Waals surface area contributed by atoms with Crippen molar-refractivity contribution in [2.75, 3.05) is 39.0 Å². The number of anilines is 1. The molecule has 0 aromatic carbocycles. The zero-order valence-electron chi connectivity index (χ0n) is 13.7. The van der Waals surface area contributed by atoms with E-state index in [2.05, 4.69) is 29.5 Å².